The van der Waals surface area contributed by atoms with E-state index in [4.69, 9.17) is 39.9 Å². The zero-order valence-electron chi connectivity index (χ0n) is 15.3. The smallest absolute Gasteiger partial charge is 0.417 e. The van der Waals surface area contributed by atoms with E-state index in [2.05, 4.69) is 0 Å². The normalized spacial score (nSPS) is 16.1. The number of amides is 1. The molecule has 2 aromatic carbocycles. The minimum Gasteiger partial charge on any atom is -0.465 e. The zero-order valence-corrected chi connectivity index (χ0v) is 17.6. The minimum atomic E-state index is -4.90. The van der Waals surface area contributed by atoms with Gasteiger partial charge in [-0.3, -0.25) is 4.79 Å². The van der Waals surface area contributed by atoms with E-state index in [0.717, 1.165) is 17.0 Å². The highest BCUT2D eigenvalue weighted by molar-refractivity contribution is 6.48. The van der Waals surface area contributed by atoms with Gasteiger partial charge in [0.15, 0.2) is 11.5 Å². The topological polar surface area (TPSA) is 57.6 Å². The molecule has 0 bridgehead atoms. The van der Waals surface area contributed by atoms with Crippen molar-refractivity contribution in [3.05, 3.63) is 74.2 Å². The second kappa shape index (κ2) is 8.33. The largest absolute Gasteiger partial charge is 0.465 e. The summed E-state index contributed by atoms with van der Waals surface area (Å²) in [7, 11) is 0. The summed E-state index contributed by atoms with van der Waals surface area (Å²) in [6.07, 6.45) is -5.76. The Kier molecular flexibility index (Phi) is 6.28. The van der Waals surface area contributed by atoms with Crippen molar-refractivity contribution in [1.29, 1.82) is 0 Å². The Bertz CT molecular complexity index is 1060. The molecule has 1 amide bonds. The van der Waals surface area contributed by atoms with Crippen molar-refractivity contribution in [2.24, 2.45) is 0 Å². The maximum atomic E-state index is 14.7. The van der Waals surface area contributed by atoms with E-state index < -0.39 is 34.9 Å². The first-order valence-electron chi connectivity index (χ1n) is 8.57. The molecule has 0 atom stereocenters. The molecular weight excluding hydrogens is 485 g/mol. The fourth-order valence-electron chi connectivity index (χ4n) is 3.06. The van der Waals surface area contributed by atoms with Gasteiger partial charge in [0.1, 0.15) is 0 Å². The number of nitrogens with zero attached hydrogens (tertiary/aromatic N) is 1. The minimum absolute atomic E-state index is 0.116. The summed E-state index contributed by atoms with van der Waals surface area (Å²) >= 11 is 17.4. The molecule has 1 saturated heterocycles. The molecule has 0 unspecified atom stereocenters. The maximum absolute atomic E-state index is 14.7. The van der Waals surface area contributed by atoms with Crippen LogP contribution < -0.4 is 0 Å². The lowest BCUT2D eigenvalue weighted by Gasteiger charge is -2.42. The van der Waals surface area contributed by atoms with Crippen molar-refractivity contribution in [1.82, 2.24) is 4.90 Å². The number of alkyl halides is 4. The Morgan fingerprint density at radius 3 is 1.97 bits per heavy atom. The van der Waals surface area contributed by atoms with Gasteiger partial charge in [-0.25, -0.2) is 9.18 Å². The first-order chi connectivity index (χ1) is 14.3. The number of carboxylic acid groups (broad SMARTS) is 1. The summed E-state index contributed by atoms with van der Waals surface area (Å²) in [6.45, 7) is -0.738. The molecule has 1 N–H and O–H groups in total. The highest BCUT2D eigenvalue weighted by Gasteiger charge is 2.47. The van der Waals surface area contributed by atoms with Crippen LogP contribution in [0, 0.1) is 0 Å². The maximum Gasteiger partial charge on any atom is 0.417 e. The van der Waals surface area contributed by atoms with Gasteiger partial charge in [0.05, 0.1) is 33.7 Å². The summed E-state index contributed by atoms with van der Waals surface area (Å²) in [6, 6.07) is 6.73. The van der Waals surface area contributed by atoms with Gasteiger partial charge in [-0.2, -0.15) is 13.2 Å². The molecule has 31 heavy (non-hydrogen) atoms. The Labute approximate surface area is 188 Å². The molecular formula is C20H12Cl3F4NO3. The van der Waals surface area contributed by atoms with E-state index in [1.54, 1.807) is 0 Å². The molecule has 0 spiro atoms. The number of benzene rings is 2. The third-order valence-corrected chi connectivity index (χ3v) is 5.91. The van der Waals surface area contributed by atoms with Crippen LogP contribution in [0.3, 0.4) is 0 Å². The molecule has 1 aliphatic rings. The summed E-state index contributed by atoms with van der Waals surface area (Å²) in [5.74, 6) is -0.977. The van der Waals surface area contributed by atoms with Crippen molar-refractivity contribution >= 4 is 52.3 Å². The third-order valence-electron chi connectivity index (χ3n) is 4.72. The number of halogens is 7. The van der Waals surface area contributed by atoms with Gasteiger partial charge < -0.3 is 10.0 Å². The highest BCUT2D eigenvalue weighted by Crippen LogP contribution is 2.40. The Balaban J connectivity index is 1.89. The fraction of sp³-hybridized carbons (Fsp3) is 0.200. The third kappa shape index (κ3) is 4.81. The Morgan fingerprint density at radius 1 is 1.00 bits per heavy atom. The lowest BCUT2D eigenvalue weighted by molar-refractivity contribution is -0.0689. The summed E-state index contributed by atoms with van der Waals surface area (Å²) < 4.78 is 55.4. The molecule has 2 aromatic rings. The predicted octanol–water partition coefficient (Wildman–Crippen LogP) is 6.63. The second-order valence-electron chi connectivity index (χ2n) is 6.86. The molecule has 164 valence electrons. The van der Waals surface area contributed by atoms with E-state index in [-0.39, 0.29) is 39.3 Å². The molecule has 1 fully saturated rings. The molecule has 4 nitrogen and oxygen atoms in total. The number of carbonyl (C=O) groups is 2. The van der Waals surface area contributed by atoms with Crippen LogP contribution in [0.1, 0.15) is 21.5 Å². The molecule has 0 aliphatic carbocycles. The van der Waals surface area contributed by atoms with Gasteiger partial charge in [-0.05, 0) is 29.3 Å². The average molecular weight is 497 g/mol. The number of allylic oxidation sites excluding steroid dienone is 2. The van der Waals surface area contributed by atoms with Crippen molar-refractivity contribution in [3.63, 3.8) is 0 Å². The first kappa shape index (κ1) is 23.4. The summed E-state index contributed by atoms with van der Waals surface area (Å²) in [5, 5.41) is 8.28. The van der Waals surface area contributed by atoms with Crippen LogP contribution >= 0.6 is 34.8 Å². The van der Waals surface area contributed by atoms with Crippen LogP contribution in [0.25, 0.3) is 5.57 Å². The van der Waals surface area contributed by atoms with Gasteiger partial charge in [-0.15, -0.1) is 0 Å². The SMILES string of the molecule is O=C(C=C(c1cc(Cl)c(Cl)c(Cl)c1)C(F)(F)F)c1ccc(C2(F)CN(C(=O)O)C2)cc1. The number of hydrogen-bond acceptors (Lipinski definition) is 2. The van der Waals surface area contributed by atoms with Crippen LogP contribution in [-0.2, 0) is 5.67 Å². The van der Waals surface area contributed by atoms with Crippen molar-refractivity contribution < 1.29 is 32.3 Å². The number of likely N-dealkylation sites (tertiary alicyclic amines) is 1. The van der Waals surface area contributed by atoms with E-state index in [1.165, 1.54) is 24.3 Å². The van der Waals surface area contributed by atoms with Gasteiger partial charge in [0, 0.05) is 5.56 Å². The van der Waals surface area contributed by atoms with E-state index in [9.17, 15) is 27.2 Å². The van der Waals surface area contributed by atoms with Crippen LogP contribution in [0.5, 0.6) is 0 Å². The van der Waals surface area contributed by atoms with Gasteiger partial charge in [0.2, 0.25) is 0 Å². The molecule has 11 heteroatoms. The first-order valence-corrected chi connectivity index (χ1v) is 9.71. The molecule has 3 rings (SSSR count). The predicted molar refractivity (Wildman–Crippen MR) is 109 cm³/mol. The lowest BCUT2D eigenvalue weighted by Crippen LogP contribution is -2.58. The van der Waals surface area contributed by atoms with Crippen LogP contribution in [0.15, 0.2) is 42.5 Å². The summed E-state index contributed by atoms with van der Waals surface area (Å²) in [4.78, 5) is 24.1. The summed E-state index contributed by atoms with van der Waals surface area (Å²) in [5.41, 5.74) is -3.63. The van der Waals surface area contributed by atoms with Crippen LogP contribution in [-0.4, -0.2) is 41.1 Å². The molecule has 0 saturated carbocycles. The molecule has 0 radical (unpaired) electrons. The number of ketones is 1. The van der Waals surface area contributed by atoms with E-state index in [0.29, 0.717) is 6.08 Å². The fourth-order valence-corrected chi connectivity index (χ4v) is 3.66. The Morgan fingerprint density at radius 2 is 1.52 bits per heavy atom. The zero-order chi connectivity index (χ0) is 23.1. The van der Waals surface area contributed by atoms with Crippen molar-refractivity contribution in [2.75, 3.05) is 13.1 Å². The van der Waals surface area contributed by atoms with Gasteiger partial charge >= 0.3 is 12.3 Å². The lowest BCUT2D eigenvalue weighted by atomic mass is 9.87. The average Bonchev–Trinajstić information content (AvgIpc) is 2.66. The van der Waals surface area contributed by atoms with E-state index in [1.807, 2.05) is 0 Å². The monoisotopic (exact) mass is 495 g/mol. The number of hydrogen-bond donors (Lipinski definition) is 1. The second-order valence-corrected chi connectivity index (χ2v) is 8.05. The van der Waals surface area contributed by atoms with Crippen LogP contribution in [0.4, 0.5) is 22.4 Å². The molecule has 1 aliphatic heterocycles. The van der Waals surface area contributed by atoms with Crippen LogP contribution in [0.2, 0.25) is 15.1 Å². The molecule has 0 aromatic heterocycles. The van der Waals surface area contributed by atoms with Crippen molar-refractivity contribution in [2.45, 2.75) is 11.8 Å². The molecule has 1 heterocycles. The Hall–Kier alpha value is -2.29. The number of carbonyl (C=O) groups excluding carboxylic acids is 1. The highest BCUT2D eigenvalue weighted by atomic mass is 35.5. The van der Waals surface area contributed by atoms with Crippen molar-refractivity contribution in [3.8, 4) is 0 Å². The van der Waals surface area contributed by atoms with Gasteiger partial charge in [-0.1, -0.05) is 59.1 Å². The standard InChI is InChI=1S/C20H12Cl3F4NO3/c21-14-5-11(6-15(22)17(14)23)13(20(25,26)27)7-16(29)10-1-3-12(4-2-10)19(24)8-28(9-19)18(30)31/h1-7H,8-9H2,(H,30,31). The van der Waals surface area contributed by atoms with Gasteiger partial charge in [0.25, 0.3) is 0 Å². The number of rotatable bonds is 4. The quantitative estimate of drug-likeness (QED) is 0.224. The van der Waals surface area contributed by atoms with E-state index >= 15 is 0 Å².